The van der Waals surface area contributed by atoms with Crippen LogP contribution in [0.4, 0.5) is 5.69 Å². The number of carbonyl (C=O) groups is 2. The van der Waals surface area contributed by atoms with E-state index >= 15 is 0 Å². The van der Waals surface area contributed by atoms with Crippen molar-refractivity contribution in [3.05, 3.63) is 53.5 Å². The zero-order chi connectivity index (χ0) is 15.9. The molecular formula is C16H18N2O3S. The molecule has 1 aromatic heterocycles. The van der Waals surface area contributed by atoms with Crippen LogP contribution in [-0.4, -0.2) is 24.6 Å². The first-order valence-corrected chi connectivity index (χ1v) is 8.30. The second-order valence-electron chi connectivity index (χ2n) is 4.59. The van der Waals surface area contributed by atoms with Crippen LogP contribution in [0, 0.1) is 0 Å². The summed E-state index contributed by atoms with van der Waals surface area (Å²) in [6, 6.07) is 10.2. The Labute approximate surface area is 133 Å². The molecule has 1 aromatic carbocycles. The first-order chi connectivity index (χ1) is 10.6. The quantitative estimate of drug-likeness (QED) is 0.858. The van der Waals surface area contributed by atoms with E-state index in [-0.39, 0.29) is 17.6 Å². The minimum Gasteiger partial charge on any atom is -0.455 e. The van der Waals surface area contributed by atoms with E-state index in [0.717, 1.165) is 11.5 Å². The molecule has 2 N–H and O–H groups in total. The zero-order valence-electron chi connectivity index (χ0n) is 12.5. The molecule has 6 heteroatoms. The Morgan fingerprint density at radius 3 is 2.73 bits per heavy atom. The van der Waals surface area contributed by atoms with Gasteiger partial charge in [-0.2, -0.15) is 11.8 Å². The fourth-order valence-electron chi connectivity index (χ4n) is 1.91. The van der Waals surface area contributed by atoms with Gasteiger partial charge in [-0.15, -0.1) is 0 Å². The molecule has 2 aromatic rings. The molecule has 0 unspecified atom stereocenters. The molecule has 0 bridgehead atoms. The molecule has 0 atom stereocenters. The third-order valence-corrected chi connectivity index (χ3v) is 3.47. The van der Waals surface area contributed by atoms with Gasteiger partial charge in [0.15, 0.2) is 5.76 Å². The highest BCUT2D eigenvalue weighted by atomic mass is 32.2. The molecule has 0 aliphatic carbocycles. The minimum absolute atomic E-state index is 0.168. The normalized spacial score (nSPS) is 10.3. The predicted octanol–water partition coefficient (Wildman–Crippen LogP) is 3.14. The lowest BCUT2D eigenvalue weighted by atomic mass is 10.2. The molecule has 0 spiro atoms. The molecule has 0 radical (unpaired) electrons. The van der Waals surface area contributed by atoms with Crippen molar-refractivity contribution < 1.29 is 14.0 Å². The standard InChI is InChI=1S/C16H18N2O3S/c1-3-17-15(19)11-5-4-6-12(9-11)18-16(20)14-8-7-13(21-14)10-22-2/h4-9H,3,10H2,1-2H3,(H,17,19)(H,18,20). The number of carbonyl (C=O) groups excluding carboxylic acids is 2. The van der Waals surface area contributed by atoms with Crippen molar-refractivity contribution in [1.29, 1.82) is 0 Å². The van der Waals surface area contributed by atoms with Gasteiger partial charge in [0.05, 0.1) is 5.75 Å². The monoisotopic (exact) mass is 318 g/mol. The van der Waals surface area contributed by atoms with Gasteiger partial charge in [0.25, 0.3) is 11.8 Å². The van der Waals surface area contributed by atoms with E-state index in [4.69, 9.17) is 4.42 Å². The molecular weight excluding hydrogens is 300 g/mol. The van der Waals surface area contributed by atoms with Crippen molar-refractivity contribution in [1.82, 2.24) is 5.32 Å². The highest BCUT2D eigenvalue weighted by molar-refractivity contribution is 7.97. The van der Waals surface area contributed by atoms with Crippen molar-refractivity contribution in [2.24, 2.45) is 0 Å². The Balaban J connectivity index is 2.07. The average Bonchev–Trinajstić information content (AvgIpc) is 2.97. The SMILES string of the molecule is CCNC(=O)c1cccc(NC(=O)c2ccc(CSC)o2)c1. The number of benzene rings is 1. The minimum atomic E-state index is -0.333. The summed E-state index contributed by atoms with van der Waals surface area (Å²) in [6.45, 7) is 2.41. The van der Waals surface area contributed by atoms with E-state index in [1.165, 1.54) is 0 Å². The van der Waals surface area contributed by atoms with Crippen molar-refractivity contribution in [2.45, 2.75) is 12.7 Å². The lowest BCUT2D eigenvalue weighted by Crippen LogP contribution is -2.22. The second kappa shape index (κ2) is 7.70. The lowest BCUT2D eigenvalue weighted by Gasteiger charge is -2.06. The van der Waals surface area contributed by atoms with Crippen LogP contribution in [0.5, 0.6) is 0 Å². The molecule has 0 aliphatic heterocycles. The maximum atomic E-state index is 12.1. The third kappa shape index (κ3) is 4.14. The van der Waals surface area contributed by atoms with Crippen molar-refractivity contribution in [3.8, 4) is 0 Å². The van der Waals surface area contributed by atoms with Gasteiger partial charge >= 0.3 is 0 Å². The molecule has 0 saturated heterocycles. The fourth-order valence-corrected chi connectivity index (χ4v) is 2.35. The van der Waals surface area contributed by atoms with Gasteiger partial charge in [-0.3, -0.25) is 9.59 Å². The van der Waals surface area contributed by atoms with Crippen molar-refractivity contribution in [3.63, 3.8) is 0 Å². The largest absolute Gasteiger partial charge is 0.455 e. The topological polar surface area (TPSA) is 71.3 Å². The Bertz CT molecular complexity index is 667. The zero-order valence-corrected chi connectivity index (χ0v) is 13.3. The van der Waals surface area contributed by atoms with Crippen LogP contribution in [0.25, 0.3) is 0 Å². The van der Waals surface area contributed by atoms with Crippen LogP contribution in [0.15, 0.2) is 40.8 Å². The highest BCUT2D eigenvalue weighted by Crippen LogP contribution is 2.16. The van der Waals surface area contributed by atoms with Crippen molar-refractivity contribution in [2.75, 3.05) is 18.1 Å². The number of amides is 2. The molecule has 0 fully saturated rings. The average molecular weight is 318 g/mol. The molecule has 0 aliphatic rings. The summed E-state index contributed by atoms with van der Waals surface area (Å²) in [5.74, 6) is 1.24. The number of hydrogen-bond acceptors (Lipinski definition) is 4. The lowest BCUT2D eigenvalue weighted by molar-refractivity contribution is 0.0953. The van der Waals surface area contributed by atoms with Crippen LogP contribution < -0.4 is 10.6 Å². The van der Waals surface area contributed by atoms with Gasteiger partial charge in [-0.1, -0.05) is 6.07 Å². The first kappa shape index (κ1) is 16.2. The number of furan rings is 1. The molecule has 2 rings (SSSR count). The molecule has 116 valence electrons. The fraction of sp³-hybridized carbons (Fsp3) is 0.250. The van der Waals surface area contributed by atoms with Gasteiger partial charge in [-0.25, -0.2) is 0 Å². The van der Waals surface area contributed by atoms with E-state index in [1.54, 1.807) is 48.2 Å². The summed E-state index contributed by atoms with van der Waals surface area (Å²) >= 11 is 1.62. The number of thioether (sulfide) groups is 1. The number of rotatable bonds is 6. The Morgan fingerprint density at radius 2 is 2.00 bits per heavy atom. The molecule has 0 saturated carbocycles. The Morgan fingerprint density at radius 1 is 1.18 bits per heavy atom. The molecule has 5 nitrogen and oxygen atoms in total. The van der Waals surface area contributed by atoms with Gasteiger partial charge in [-0.05, 0) is 43.5 Å². The van der Waals surface area contributed by atoms with Gasteiger partial charge in [0.2, 0.25) is 0 Å². The smallest absolute Gasteiger partial charge is 0.291 e. The second-order valence-corrected chi connectivity index (χ2v) is 5.46. The summed E-state index contributed by atoms with van der Waals surface area (Å²) < 4.78 is 5.46. The highest BCUT2D eigenvalue weighted by Gasteiger charge is 2.12. The summed E-state index contributed by atoms with van der Waals surface area (Å²) in [4.78, 5) is 23.9. The molecule has 22 heavy (non-hydrogen) atoms. The number of hydrogen-bond donors (Lipinski definition) is 2. The van der Waals surface area contributed by atoms with Crippen molar-refractivity contribution >= 4 is 29.3 Å². The summed E-state index contributed by atoms with van der Waals surface area (Å²) in [6.07, 6.45) is 1.97. The van der Waals surface area contributed by atoms with E-state index in [0.29, 0.717) is 17.8 Å². The van der Waals surface area contributed by atoms with Crippen LogP contribution in [0.2, 0.25) is 0 Å². The van der Waals surface area contributed by atoms with Crippen LogP contribution in [0.3, 0.4) is 0 Å². The van der Waals surface area contributed by atoms with E-state index < -0.39 is 0 Å². The maximum Gasteiger partial charge on any atom is 0.291 e. The third-order valence-electron chi connectivity index (χ3n) is 2.89. The van der Waals surface area contributed by atoms with Gasteiger partial charge in [0.1, 0.15) is 5.76 Å². The van der Waals surface area contributed by atoms with Gasteiger partial charge < -0.3 is 15.1 Å². The Kier molecular flexibility index (Phi) is 5.66. The Hall–Kier alpha value is -2.21. The number of nitrogens with one attached hydrogen (secondary N) is 2. The molecule has 1 heterocycles. The van der Waals surface area contributed by atoms with Crippen LogP contribution >= 0.6 is 11.8 Å². The van der Waals surface area contributed by atoms with E-state index in [2.05, 4.69) is 10.6 Å². The maximum absolute atomic E-state index is 12.1. The summed E-state index contributed by atoms with van der Waals surface area (Å²) in [5, 5.41) is 5.45. The first-order valence-electron chi connectivity index (χ1n) is 6.91. The van der Waals surface area contributed by atoms with Crippen LogP contribution in [-0.2, 0) is 5.75 Å². The van der Waals surface area contributed by atoms with Crippen LogP contribution in [0.1, 0.15) is 33.6 Å². The molecule has 2 amide bonds. The number of anilines is 1. The van der Waals surface area contributed by atoms with E-state index in [1.807, 2.05) is 13.2 Å². The summed E-state index contributed by atoms with van der Waals surface area (Å²) in [7, 11) is 0. The van der Waals surface area contributed by atoms with Gasteiger partial charge in [0, 0.05) is 17.8 Å². The predicted molar refractivity (Wildman–Crippen MR) is 88.3 cm³/mol. The van der Waals surface area contributed by atoms with E-state index in [9.17, 15) is 9.59 Å². The summed E-state index contributed by atoms with van der Waals surface area (Å²) in [5.41, 5.74) is 1.05.